The number of hydrogen-bond donors (Lipinski definition) is 2. The molecule has 0 atom stereocenters. The van der Waals surface area contributed by atoms with Gasteiger partial charge < -0.3 is 15.4 Å². The number of nitrogens with one attached hydrogen (secondary N) is 2. The van der Waals surface area contributed by atoms with Crippen LogP contribution >= 0.6 is 46.3 Å². The highest BCUT2D eigenvalue weighted by atomic mass is 35.5. The van der Waals surface area contributed by atoms with E-state index in [0.29, 0.717) is 20.2 Å². The minimum Gasteiger partial charge on any atom is -0.497 e. The molecule has 0 aliphatic rings. The predicted molar refractivity (Wildman–Crippen MR) is 115 cm³/mol. The standard InChI is InChI=1S/C17H15Cl2N5O2S2/c1-9-12(18)7-13(19)15(20-9)22-14(25)8-27-17-24-23-16(28-17)21-10-4-3-5-11(6-10)26-2/h3-7H,8H2,1-2H3,(H,21,23)(H,20,22,25). The molecule has 0 aliphatic heterocycles. The van der Waals surface area contributed by atoms with E-state index >= 15 is 0 Å². The second-order valence-corrected chi connectivity index (χ2v) is 8.47. The Morgan fingerprint density at radius 3 is 2.86 bits per heavy atom. The third-order valence-corrected chi connectivity index (χ3v) is 6.06. The first-order valence-corrected chi connectivity index (χ1v) is 10.5. The Kier molecular flexibility index (Phi) is 6.95. The number of halogens is 2. The summed E-state index contributed by atoms with van der Waals surface area (Å²) in [6.07, 6.45) is 0. The highest BCUT2D eigenvalue weighted by molar-refractivity contribution is 8.01. The third-order valence-electron chi connectivity index (χ3n) is 3.42. The molecule has 2 aromatic heterocycles. The van der Waals surface area contributed by atoms with Crippen LogP contribution in [0.1, 0.15) is 5.69 Å². The van der Waals surface area contributed by atoms with E-state index in [4.69, 9.17) is 27.9 Å². The van der Waals surface area contributed by atoms with Crippen molar-refractivity contribution in [1.82, 2.24) is 15.2 Å². The molecule has 3 rings (SSSR count). The summed E-state index contributed by atoms with van der Waals surface area (Å²) >= 11 is 14.6. The number of carbonyl (C=O) groups is 1. The number of aromatic nitrogens is 3. The molecule has 0 fully saturated rings. The number of nitrogens with zero attached hydrogens (tertiary/aromatic N) is 3. The van der Waals surface area contributed by atoms with Gasteiger partial charge in [-0.05, 0) is 25.1 Å². The fraction of sp³-hybridized carbons (Fsp3) is 0.176. The van der Waals surface area contributed by atoms with Crippen molar-refractivity contribution in [3.63, 3.8) is 0 Å². The van der Waals surface area contributed by atoms with E-state index in [0.717, 1.165) is 11.4 Å². The lowest BCUT2D eigenvalue weighted by molar-refractivity contribution is -0.113. The van der Waals surface area contributed by atoms with E-state index in [2.05, 4.69) is 25.8 Å². The van der Waals surface area contributed by atoms with Crippen molar-refractivity contribution in [3.8, 4) is 5.75 Å². The van der Waals surface area contributed by atoms with Gasteiger partial charge in [-0.2, -0.15) is 0 Å². The Morgan fingerprint density at radius 1 is 1.25 bits per heavy atom. The van der Waals surface area contributed by atoms with Gasteiger partial charge in [0, 0.05) is 11.8 Å². The molecule has 0 radical (unpaired) electrons. The van der Waals surface area contributed by atoms with Crippen LogP contribution in [0.5, 0.6) is 5.75 Å². The predicted octanol–water partition coefficient (Wildman–Crippen LogP) is 5.03. The molecule has 2 N–H and O–H groups in total. The summed E-state index contributed by atoms with van der Waals surface area (Å²) in [6, 6.07) is 9.03. The number of amides is 1. The maximum Gasteiger partial charge on any atom is 0.236 e. The third kappa shape index (κ3) is 5.48. The first kappa shape index (κ1) is 20.7. The summed E-state index contributed by atoms with van der Waals surface area (Å²) < 4.78 is 5.85. The lowest BCUT2D eigenvalue weighted by Gasteiger charge is -2.07. The molecule has 0 saturated carbocycles. The van der Waals surface area contributed by atoms with Gasteiger partial charge in [0.25, 0.3) is 0 Å². The number of methoxy groups -OCH3 is 1. The zero-order valence-corrected chi connectivity index (χ0v) is 18.0. The largest absolute Gasteiger partial charge is 0.497 e. The first-order valence-electron chi connectivity index (χ1n) is 7.94. The molecular weight excluding hydrogens is 441 g/mol. The van der Waals surface area contributed by atoms with Gasteiger partial charge in [0.1, 0.15) is 5.75 Å². The number of thioether (sulfide) groups is 1. The highest BCUT2D eigenvalue weighted by Crippen LogP contribution is 2.29. The Bertz CT molecular complexity index is 999. The van der Waals surface area contributed by atoms with E-state index in [1.807, 2.05) is 24.3 Å². The number of ether oxygens (including phenoxy) is 1. The van der Waals surface area contributed by atoms with Crippen LogP contribution in [0.4, 0.5) is 16.6 Å². The van der Waals surface area contributed by atoms with Crippen molar-refractivity contribution in [2.45, 2.75) is 11.3 Å². The molecule has 28 heavy (non-hydrogen) atoms. The molecule has 0 spiro atoms. The summed E-state index contributed by atoms with van der Waals surface area (Å²) in [4.78, 5) is 16.3. The van der Waals surface area contributed by atoms with Crippen molar-refractivity contribution in [2.24, 2.45) is 0 Å². The van der Waals surface area contributed by atoms with Gasteiger partial charge in [-0.25, -0.2) is 4.98 Å². The lowest BCUT2D eigenvalue weighted by atomic mass is 10.3. The zero-order chi connectivity index (χ0) is 20.1. The van der Waals surface area contributed by atoms with Crippen molar-refractivity contribution in [2.75, 3.05) is 23.5 Å². The molecule has 0 saturated heterocycles. The number of anilines is 3. The van der Waals surface area contributed by atoms with E-state index in [1.54, 1.807) is 20.1 Å². The van der Waals surface area contributed by atoms with Gasteiger partial charge in [0.2, 0.25) is 11.0 Å². The van der Waals surface area contributed by atoms with Crippen LogP contribution < -0.4 is 15.4 Å². The number of rotatable bonds is 7. The van der Waals surface area contributed by atoms with Crippen molar-refractivity contribution >= 4 is 68.8 Å². The minimum atomic E-state index is -0.251. The molecule has 0 bridgehead atoms. The molecule has 1 aromatic carbocycles. The van der Waals surface area contributed by atoms with Gasteiger partial charge in [-0.3, -0.25) is 4.79 Å². The van der Waals surface area contributed by atoms with Gasteiger partial charge in [0.05, 0.1) is 28.6 Å². The fourth-order valence-electron chi connectivity index (χ4n) is 2.08. The van der Waals surface area contributed by atoms with Gasteiger partial charge in [-0.15, -0.1) is 10.2 Å². The molecule has 2 heterocycles. The number of benzene rings is 1. The van der Waals surface area contributed by atoms with Crippen molar-refractivity contribution in [3.05, 3.63) is 46.1 Å². The SMILES string of the molecule is COc1cccc(Nc2nnc(SCC(=O)Nc3nc(C)c(Cl)cc3Cl)s2)c1. The maximum absolute atomic E-state index is 12.2. The van der Waals surface area contributed by atoms with Gasteiger partial charge in [-0.1, -0.05) is 52.4 Å². The van der Waals surface area contributed by atoms with Crippen LogP contribution in [0.3, 0.4) is 0 Å². The average Bonchev–Trinajstić information content (AvgIpc) is 3.12. The summed E-state index contributed by atoms with van der Waals surface area (Å²) in [7, 11) is 1.61. The quantitative estimate of drug-likeness (QED) is 0.482. The Labute approximate surface area is 179 Å². The number of carbonyl (C=O) groups excluding carboxylic acids is 1. The number of hydrogen-bond acceptors (Lipinski definition) is 8. The molecular formula is C17H15Cl2N5O2S2. The second-order valence-electron chi connectivity index (χ2n) is 5.45. The van der Waals surface area contributed by atoms with Crippen LogP contribution in [0.25, 0.3) is 0 Å². The Hall–Kier alpha value is -2.07. The summed E-state index contributed by atoms with van der Waals surface area (Å²) in [5.41, 5.74) is 1.43. The van der Waals surface area contributed by atoms with Gasteiger partial charge in [0.15, 0.2) is 10.2 Å². The van der Waals surface area contributed by atoms with Crippen molar-refractivity contribution in [1.29, 1.82) is 0 Å². The molecule has 0 aliphatic carbocycles. The number of aryl methyl sites for hydroxylation is 1. The van der Waals surface area contributed by atoms with Crippen molar-refractivity contribution < 1.29 is 9.53 Å². The van der Waals surface area contributed by atoms with Crippen LogP contribution in [0, 0.1) is 6.92 Å². The van der Waals surface area contributed by atoms with E-state index in [-0.39, 0.29) is 22.5 Å². The van der Waals surface area contributed by atoms with Crippen LogP contribution in [-0.2, 0) is 4.79 Å². The molecule has 146 valence electrons. The molecule has 0 unspecified atom stereocenters. The van der Waals surface area contributed by atoms with Gasteiger partial charge >= 0.3 is 0 Å². The first-order chi connectivity index (χ1) is 13.4. The Balaban J connectivity index is 1.55. The minimum absolute atomic E-state index is 0.146. The highest BCUT2D eigenvalue weighted by Gasteiger charge is 2.12. The van der Waals surface area contributed by atoms with E-state index in [9.17, 15) is 4.79 Å². The Morgan fingerprint density at radius 2 is 2.07 bits per heavy atom. The van der Waals surface area contributed by atoms with E-state index < -0.39 is 0 Å². The summed E-state index contributed by atoms with van der Waals surface area (Å²) in [5.74, 6) is 0.920. The normalized spacial score (nSPS) is 10.6. The van der Waals surface area contributed by atoms with Crippen LogP contribution in [-0.4, -0.2) is 34.0 Å². The topological polar surface area (TPSA) is 89.0 Å². The molecule has 11 heteroatoms. The fourth-order valence-corrected chi connectivity index (χ4v) is 4.06. The molecule has 1 amide bonds. The van der Waals surface area contributed by atoms with E-state index in [1.165, 1.54) is 23.1 Å². The average molecular weight is 456 g/mol. The smallest absolute Gasteiger partial charge is 0.236 e. The lowest BCUT2D eigenvalue weighted by Crippen LogP contribution is -2.15. The summed E-state index contributed by atoms with van der Waals surface area (Å²) in [6.45, 7) is 1.74. The van der Waals surface area contributed by atoms with Crippen LogP contribution in [0.2, 0.25) is 10.0 Å². The molecule has 3 aromatic rings. The number of pyridine rings is 1. The zero-order valence-electron chi connectivity index (χ0n) is 14.8. The monoisotopic (exact) mass is 455 g/mol. The van der Waals surface area contributed by atoms with Crippen LogP contribution in [0.15, 0.2) is 34.7 Å². The maximum atomic E-state index is 12.2. The molecule has 7 nitrogen and oxygen atoms in total. The summed E-state index contributed by atoms with van der Waals surface area (Å²) in [5, 5.41) is 15.3. The second kappa shape index (κ2) is 9.42.